The average molecular weight is 404 g/mol. The average Bonchev–Trinajstić information content (AvgIpc) is 2.77. The Hall–Kier alpha value is -3.05. The predicted molar refractivity (Wildman–Crippen MR) is 116 cm³/mol. The summed E-state index contributed by atoms with van der Waals surface area (Å²) in [6.45, 7) is 1.46. The highest BCUT2D eigenvalue weighted by Gasteiger charge is 2.32. The zero-order valence-corrected chi connectivity index (χ0v) is 16.9. The third-order valence-corrected chi connectivity index (χ3v) is 6.05. The van der Waals surface area contributed by atoms with E-state index in [2.05, 4.69) is 12.1 Å². The number of fused-ring (bicyclic) bond motifs is 1. The first-order valence-electron chi connectivity index (χ1n) is 9.46. The van der Waals surface area contributed by atoms with Crippen molar-refractivity contribution < 1.29 is 14.3 Å². The van der Waals surface area contributed by atoms with Crippen molar-refractivity contribution >= 4 is 29.1 Å². The molecule has 0 fully saturated rings. The van der Waals surface area contributed by atoms with Crippen molar-refractivity contribution in [2.45, 2.75) is 17.9 Å². The van der Waals surface area contributed by atoms with Crippen molar-refractivity contribution in [3.05, 3.63) is 90.0 Å². The number of nitrogens with zero attached hydrogens (tertiary/aromatic N) is 1. The lowest BCUT2D eigenvalue weighted by molar-refractivity contribution is -0.121. The van der Waals surface area contributed by atoms with Gasteiger partial charge in [0, 0.05) is 16.2 Å². The molecule has 1 aliphatic heterocycles. The van der Waals surface area contributed by atoms with Crippen LogP contribution < -0.4 is 9.64 Å². The molecule has 1 heterocycles. The zero-order valence-electron chi connectivity index (χ0n) is 16.1. The van der Waals surface area contributed by atoms with Gasteiger partial charge >= 0.3 is 0 Å². The van der Waals surface area contributed by atoms with Crippen molar-refractivity contribution in [2.24, 2.45) is 0 Å². The van der Waals surface area contributed by atoms with E-state index in [4.69, 9.17) is 4.74 Å². The van der Waals surface area contributed by atoms with Crippen LogP contribution in [0.15, 0.2) is 83.8 Å². The summed E-state index contributed by atoms with van der Waals surface area (Å²) in [7, 11) is 0. The van der Waals surface area contributed by atoms with Gasteiger partial charge in [-0.15, -0.1) is 11.8 Å². The minimum absolute atomic E-state index is 0.000697. The molecular formula is C24H21NO3S. The number of hydrogen-bond acceptors (Lipinski definition) is 4. The molecule has 0 N–H and O–H groups in total. The van der Waals surface area contributed by atoms with E-state index in [0.29, 0.717) is 11.3 Å². The number of carbonyl (C=O) groups is 2. The number of hydrogen-bond donors (Lipinski definition) is 0. The van der Waals surface area contributed by atoms with Crippen molar-refractivity contribution in [2.75, 3.05) is 17.3 Å². The van der Waals surface area contributed by atoms with Crippen LogP contribution in [-0.4, -0.2) is 24.1 Å². The van der Waals surface area contributed by atoms with E-state index in [9.17, 15) is 9.59 Å². The number of ether oxygens (including phenoxy) is 1. The Kier molecular flexibility index (Phi) is 5.67. The second-order valence-corrected chi connectivity index (χ2v) is 7.90. The molecule has 3 aromatic rings. The summed E-state index contributed by atoms with van der Waals surface area (Å²) in [6, 6.07) is 24.9. The van der Waals surface area contributed by atoms with E-state index >= 15 is 0 Å². The fourth-order valence-corrected chi connectivity index (χ4v) is 4.59. The van der Waals surface area contributed by atoms with Gasteiger partial charge in [0.1, 0.15) is 5.75 Å². The van der Waals surface area contributed by atoms with Crippen LogP contribution in [0.4, 0.5) is 5.69 Å². The van der Waals surface area contributed by atoms with Crippen LogP contribution in [0.2, 0.25) is 0 Å². The molecule has 0 aromatic heterocycles. The van der Waals surface area contributed by atoms with Gasteiger partial charge in [-0.05, 0) is 48.9 Å². The number of ketones is 1. The molecule has 3 aromatic carbocycles. The maximum absolute atomic E-state index is 13.2. The molecule has 0 spiro atoms. The van der Waals surface area contributed by atoms with Crippen LogP contribution in [0.1, 0.15) is 28.9 Å². The number of benzene rings is 3. The summed E-state index contributed by atoms with van der Waals surface area (Å²) < 4.78 is 5.75. The number of anilines is 1. The van der Waals surface area contributed by atoms with Gasteiger partial charge in [-0.3, -0.25) is 14.5 Å². The molecule has 1 aliphatic rings. The zero-order chi connectivity index (χ0) is 20.2. The number of carbonyl (C=O) groups excluding carboxylic acids is 2. The second kappa shape index (κ2) is 8.53. The summed E-state index contributed by atoms with van der Waals surface area (Å²) in [5, 5.41) is 0. The lowest BCUT2D eigenvalue weighted by Gasteiger charge is -2.37. The predicted octanol–water partition coefficient (Wildman–Crippen LogP) is 5.15. The molecule has 0 bridgehead atoms. The minimum atomic E-state index is -0.0951. The number of para-hydroxylation sites is 1. The van der Waals surface area contributed by atoms with E-state index < -0.39 is 0 Å². The summed E-state index contributed by atoms with van der Waals surface area (Å²) in [5.41, 5.74) is 2.64. The van der Waals surface area contributed by atoms with E-state index in [0.717, 1.165) is 21.9 Å². The molecule has 0 saturated carbocycles. The Bertz CT molecular complexity index is 1020. The molecule has 0 unspecified atom stereocenters. The molecule has 1 amide bonds. The van der Waals surface area contributed by atoms with Crippen LogP contribution in [-0.2, 0) is 4.79 Å². The molecule has 0 radical (unpaired) electrons. The SMILES string of the molecule is CC(=O)c1ccc(OCC(=O)N2c3ccccc3SC[C@@H]2c2ccccc2)cc1. The first-order valence-corrected chi connectivity index (χ1v) is 10.4. The van der Waals surface area contributed by atoms with E-state index in [1.807, 2.05) is 47.4 Å². The number of amides is 1. The normalized spacial score (nSPS) is 15.5. The Labute approximate surface area is 174 Å². The smallest absolute Gasteiger partial charge is 0.265 e. The van der Waals surface area contributed by atoms with Gasteiger partial charge in [0.05, 0.1) is 11.7 Å². The summed E-state index contributed by atoms with van der Waals surface area (Å²) in [5.74, 6) is 1.27. The van der Waals surface area contributed by atoms with Crippen LogP contribution in [0.3, 0.4) is 0 Å². The molecule has 1 atom stereocenters. The minimum Gasteiger partial charge on any atom is -0.484 e. The number of rotatable bonds is 5. The maximum Gasteiger partial charge on any atom is 0.265 e. The van der Waals surface area contributed by atoms with Gasteiger partial charge < -0.3 is 4.74 Å². The van der Waals surface area contributed by atoms with Crippen LogP contribution in [0.25, 0.3) is 0 Å². The highest BCUT2D eigenvalue weighted by atomic mass is 32.2. The standard InChI is InChI=1S/C24H21NO3S/c1-17(26)18-11-13-20(14-12-18)28-15-24(27)25-21-9-5-6-10-23(21)29-16-22(25)19-7-3-2-4-8-19/h2-14,22H,15-16H2,1H3/t22-/m1/s1. The fraction of sp³-hybridized carbons (Fsp3) is 0.167. The lowest BCUT2D eigenvalue weighted by atomic mass is 10.1. The number of thioether (sulfide) groups is 1. The molecular weight excluding hydrogens is 382 g/mol. The van der Waals surface area contributed by atoms with Crippen LogP contribution >= 0.6 is 11.8 Å². The topological polar surface area (TPSA) is 46.6 Å². The first-order chi connectivity index (χ1) is 14.1. The Balaban J connectivity index is 1.57. The summed E-state index contributed by atoms with van der Waals surface area (Å²) >= 11 is 1.76. The molecule has 29 heavy (non-hydrogen) atoms. The Morgan fingerprint density at radius 2 is 1.66 bits per heavy atom. The highest BCUT2D eigenvalue weighted by Crippen LogP contribution is 2.43. The highest BCUT2D eigenvalue weighted by molar-refractivity contribution is 7.99. The monoisotopic (exact) mass is 403 g/mol. The van der Waals surface area contributed by atoms with Crippen molar-refractivity contribution in [1.29, 1.82) is 0 Å². The van der Waals surface area contributed by atoms with Crippen LogP contribution in [0, 0.1) is 0 Å². The van der Waals surface area contributed by atoms with Crippen LogP contribution in [0.5, 0.6) is 5.75 Å². The van der Waals surface area contributed by atoms with Crippen molar-refractivity contribution in [3.63, 3.8) is 0 Å². The molecule has 5 heteroatoms. The largest absolute Gasteiger partial charge is 0.484 e. The quantitative estimate of drug-likeness (QED) is 0.553. The Morgan fingerprint density at radius 1 is 0.966 bits per heavy atom. The molecule has 0 aliphatic carbocycles. The van der Waals surface area contributed by atoms with E-state index in [-0.39, 0.29) is 24.3 Å². The fourth-order valence-electron chi connectivity index (χ4n) is 3.42. The van der Waals surface area contributed by atoms with Gasteiger partial charge in [-0.1, -0.05) is 42.5 Å². The first kappa shape index (κ1) is 19.3. The summed E-state index contributed by atoms with van der Waals surface area (Å²) in [4.78, 5) is 27.6. The second-order valence-electron chi connectivity index (χ2n) is 6.84. The molecule has 4 rings (SSSR count). The summed E-state index contributed by atoms with van der Waals surface area (Å²) in [6.07, 6.45) is 0. The van der Waals surface area contributed by atoms with Gasteiger partial charge in [-0.25, -0.2) is 0 Å². The van der Waals surface area contributed by atoms with Gasteiger partial charge in [-0.2, -0.15) is 0 Å². The number of Topliss-reactive ketones (excluding diaryl/α,β-unsaturated/α-hetero) is 1. The van der Waals surface area contributed by atoms with Gasteiger partial charge in [0.25, 0.3) is 5.91 Å². The Morgan fingerprint density at radius 3 is 2.38 bits per heavy atom. The molecule has 4 nitrogen and oxygen atoms in total. The third-order valence-electron chi connectivity index (χ3n) is 4.91. The molecule has 0 saturated heterocycles. The van der Waals surface area contributed by atoms with Crippen molar-refractivity contribution in [3.8, 4) is 5.75 Å². The third kappa shape index (κ3) is 4.20. The maximum atomic E-state index is 13.2. The molecule has 146 valence electrons. The van der Waals surface area contributed by atoms with E-state index in [1.165, 1.54) is 6.92 Å². The lowest BCUT2D eigenvalue weighted by Crippen LogP contribution is -2.41. The van der Waals surface area contributed by atoms with E-state index in [1.54, 1.807) is 36.0 Å². The van der Waals surface area contributed by atoms with Gasteiger partial charge in [0.2, 0.25) is 0 Å². The van der Waals surface area contributed by atoms with Crippen molar-refractivity contribution in [1.82, 2.24) is 0 Å². The van der Waals surface area contributed by atoms with Gasteiger partial charge in [0.15, 0.2) is 12.4 Å².